The number of aliphatic carboxylic acids is 1. The van der Waals surface area contributed by atoms with E-state index in [0.717, 1.165) is 6.42 Å². The minimum atomic E-state index is -1.02. The Kier molecular flexibility index (Phi) is 6.22. The fraction of sp³-hybridized carbons (Fsp3) is 0.357. The molecule has 1 aromatic carbocycles. The number of amides is 2. The maximum atomic E-state index is 11.8. The standard InChI is InChI=1S/C14H18N2O4/c1-2-8-15-14(20)10-4-3-5-11(9-10)16-12(17)6-7-13(18)19/h3-5,9H,2,6-8H2,1H3,(H,15,20)(H,16,17)(H,18,19). The van der Waals surface area contributed by atoms with Gasteiger partial charge in [-0.25, -0.2) is 0 Å². The third-order valence-electron chi connectivity index (χ3n) is 2.51. The van der Waals surface area contributed by atoms with Crippen LogP contribution in [0.25, 0.3) is 0 Å². The first-order valence-electron chi connectivity index (χ1n) is 6.43. The highest BCUT2D eigenvalue weighted by atomic mass is 16.4. The van der Waals surface area contributed by atoms with Crippen LogP contribution < -0.4 is 10.6 Å². The van der Waals surface area contributed by atoms with Crippen molar-refractivity contribution in [3.05, 3.63) is 29.8 Å². The van der Waals surface area contributed by atoms with Gasteiger partial charge in [0.2, 0.25) is 5.91 Å². The van der Waals surface area contributed by atoms with Crippen molar-refractivity contribution in [2.75, 3.05) is 11.9 Å². The summed E-state index contributed by atoms with van der Waals surface area (Å²) in [5.74, 6) is -1.61. The number of nitrogens with one attached hydrogen (secondary N) is 2. The Balaban J connectivity index is 2.61. The lowest BCUT2D eigenvalue weighted by Crippen LogP contribution is -2.24. The van der Waals surface area contributed by atoms with E-state index in [1.165, 1.54) is 0 Å². The van der Waals surface area contributed by atoms with Crippen LogP contribution in [0.2, 0.25) is 0 Å². The number of benzene rings is 1. The van der Waals surface area contributed by atoms with Gasteiger partial charge in [0.25, 0.3) is 5.91 Å². The van der Waals surface area contributed by atoms with Crippen LogP contribution in [0.15, 0.2) is 24.3 Å². The van der Waals surface area contributed by atoms with Crippen molar-refractivity contribution >= 4 is 23.5 Å². The topological polar surface area (TPSA) is 95.5 Å². The van der Waals surface area contributed by atoms with E-state index in [4.69, 9.17) is 5.11 Å². The normalized spacial score (nSPS) is 9.85. The summed E-state index contributed by atoms with van der Waals surface area (Å²) in [7, 11) is 0. The molecule has 0 atom stereocenters. The molecule has 0 heterocycles. The van der Waals surface area contributed by atoms with Crippen LogP contribution in [-0.2, 0) is 9.59 Å². The second-order valence-electron chi connectivity index (χ2n) is 4.28. The molecular formula is C14H18N2O4. The lowest BCUT2D eigenvalue weighted by atomic mass is 10.2. The Hall–Kier alpha value is -2.37. The molecule has 0 saturated carbocycles. The Bertz CT molecular complexity index is 500. The van der Waals surface area contributed by atoms with Gasteiger partial charge in [0.15, 0.2) is 0 Å². The summed E-state index contributed by atoms with van der Waals surface area (Å²) >= 11 is 0. The van der Waals surface area contributed by atoms with Gasteiger partial charge in [-0.3, -0.25) is 14.4 Å². The lowest BCUT2D eigenvalue weighted by Gasteiger charge is -2.07. The monoisotopic (exact) mass is 278 g/mol. The molecule has 0 spiro atoms. The fourth-order valence-corrected chi connectivity index (χ4v) is 1.52. The molecule has 3 N–H and O–H groups in total. The van der Waals surface area contributed by atoms with Crippen molar-refractivity contribution in [3.63, 3.8) is 0 Å². The molecule has 0 bridgehead atoms. The van der Waals surface area contributed by atoms with Crippen LogP contribution in [0.5, 0.6) is 0 Å². The van der Waals surface area contributed by atoms with Crippen LogP contribution in [0.3, 0.4) is 0 Å². The average Bonchev–Trinajstić information content (AvgIpc) is 2.42. The van der Waals surface area contributed by atoms with E-state index in [-0.39, 0.29) is 18.7 Å². The average molecular weight is 278 g/mol. The highest BCUT2D eigenvalue weighted by molar-refractivity contribution is 5.97. The first-order valence-corrected chi connectivity index (χ1v) is 6.43. The zero-order valence-electron chi connectivity index (χ0n) is 11.3. The Labute approximate surface area is 117 Å². The van der Waals surface area contributed by atoms with Crippen molar-refractivity contribution in [2.45, 2.75) is 26.2 Å². The number of carboxylic acid groups (broad SMARTS) is 1. The summed E-state index contributed by atoms with van der Waals surface area (Å²) in [6, 6.07) is 6.52. The summed E-state index contributed by atoms with van der Waals surface area (Å²) in [5, 5.41) is 13.8. The van der Waals surface area contributed by atoms with Gasteiger partial charge in [-0.15, -0.1) is 0 Å². The van der Waals surface area contributed by atoms with Crippen molar-refractivity contribution < 1.29 is 19.5 Å². The minimum Gasteiger partial charge on any atom is -0.481 e. The first kappa shape index (κ1) is 15.7. The Morgan fingerprint density at radius 2 is 1.95 bits per heavy atom. The van der Waals surface area contributed by atoms with Crippen molar-refractivity contribution in [3.8, 4) is 0 Å². The zero-order chi connectivity index (χ0) is 15.0. The first-order chi connectivity index (χ1) is 9.52. The fourth-order valence-electron chi connectivity index (χ4n) is 1.52. The Morgan fingerprint density at radius 1 is 1.20 bits per heavy atom. The van der Waals surface area contributed by atoms with E-state index < -0.39 is 11.9 Å². The molecule has 20 heavy (non-hydrogen) atoms. The molecule has 0 fully saturated rings. The molecule has 0 saturated heterocycles. The predicted molar refractivity (Wildman–Crippen MR) is 74.6 cm³/mol. The van der Waals surface area contributed by atoms with Gasteiger partial charge >= 0.3 is 5.97 Å². The van der Waals surface area contributed by atoms with Gasteiger partial charge in [0.1, 0.15) is 0 Å². The summed E-state index contributed by atoms with van der Waals surface area (Å²) in [4.78, 5) is 33.6. The van der Waals surface area contributed by atoms with Gasteiger partial charge in [-0.2, -0.15) is 0 Å². The highest BCUT2D eigenvalue weighted by Crippen LogP contribution is 2.11. The number of carbonyl (C=O) groups excluding carboxylic acids is 2. The summed E-state index contributed by atoms with van der Waals surface area (Å²) in [5.41, 5.74) is 0.930. The van der Waals surface area contributed by atoms with Gasteiger partial charge in [0, 0.05) is 24.2 Å². The van der Waals surface area contributed by atoms with E-state index >= 15 is 0 Å². The van der Waals surface area contributed by atoms with E-state index in [1.807, 2.05) is 6.92 Å². The van der Waals surface area contributed by atoms with Crippen molar-refractivity contribution in [1.82, 2.24) is 5.32 Å². The van der Waals surface area contributed by atoms with Crippen molar-refractivity contribution in [1.29, 1.82) is 0 Å². The van der Waals surface area contributed by atoms with E-state index in [0.29, 0.717) is 17.8 Å². The summed E-state index contributed by atoms with van der Waals surface area (Å²) in [6.07, 6.45) is 0.529. The molecule has 6 heteroatoms. The van der Waals surface area contributed by atoms with E-state index in [2.05, 4.69) is 10.6 Å². The molecule has 0 aliphatic carbocycles. The Morgan fingerprint density at radius 3 is 2.60 bits per heavy atom. The predicted octanol–water partition coefficient (Wildman–Crippen LogP) is 1.63. The molecule has 0 radical (unpaired) electrons. The number of hydrogen-bond acceptors (Lipinski definition) is 3. The summed E-state index contributed by atoms with van der Waals surface area (Å²) < 4.78 is 0. The second-order valence-corrected chi connectivity index (χ2v) is 4.28. The van der Waals surface area contributed by atoms with Crippen LogP contribution in [-0.4, -0.2) is 29.4 Å². The smallest absolute Gasteiger partial charge is 0.303 e. The third kappa shape index (κ3) is 5.51. The maximum absolute atomic E-state index is 11.8. The molecule has 0 aliphatic rings. The molecule has 0 aromatic heterocycles. The van der Waals surface area contributed by atoms with Gasteiger partial charge in [0.05, 0.1) is 6.42 Å². The van der Waals surface area contributed by atoms with Crippen LogP contribution in [0, 0.1) is 0 Å². The van der Waals surface area contributed by atoms with Crippen LogP contribution in [0.1, 0.15) is 36.5 Å². The van der Waals surface area contributed by atoms with E-state index in [9.17, 15) is 14.4 Å². The number of hydrogen-bond donors (Lipinski definition) is 3. The zero-order valence-corrected chi connectivity index (χ0v) is 11.3. The largest absolute Gasteiger partial charge is 0.481 e. The summed E-state index contributed by atoms with van der Waals surface area (Å²) in [6.45, 7) is 2.55. The molecule has 6 nitrogen and oxygen atoms in total. The van der Waals surface area contributed by atoms with E-state index in [1.54, 1.807) is 24.3 Å². The number of carboxylic acids is 1. The molecule has 1 aromatic rings. The van der Waals surface area contributed by atoms with Gasteiger partial charge in [-0.05, 0) is 24.6 Å². The SMILES string of the molecule is CCCNC(=O)c1cccc(NC(=O)CCC(=O)O)c1. The molecule has 1 rings (SSSR count). The number of rotatable bonds is 7. The van der Waals surface area contributed by atoms with Gasteiger partial charge in [-0.1, -0.05) is 13.0 Å². The molecular weight excluding hydrogens is 260 g/mol. The molecule has 2 amide bonds. The molecule has 108 valence electrons. The third-order valence-corrected chi connectivity index (χ3v) is 2.51. The minimum absolute atomic E-state index is 0.0956. The maximum Gasteiger partial charge on any atom is 0.303 e. The van der Waals surface area contributed by atoms with Crippen molar-refractivity contribution in [2.24, 2.45) is 0 Å². The lowest BCUT2D eigenvalue weighted by molar-refractivity contribution is -0.138. The van der Waals surface area contributed by atoms with Gasteiger partial charge < -0.3 is 15.7 Å². The number of carbonyl (C=O) groups is 3. The van der Waals surface area contributed by atoms with Crippen LogP contribution >= 0.6 is 0 Å². The molecule has 0 aliphatic heterocycles. The van der Waals surface area contributed by atoms with Crippen LogP contribution in [0.4, 0.5) is 5.69 Å². The highest BCUT2D eigenvalue weighted by Gasteiger charge is 2.08. The molecule has 0 unspecified atom stereocenters. The number of anilines is 1. The quantitative estimate of drug-likeness (QED) is 0.706. The second kappa shape index (κ2) is 7.93.